The molecule has 7 heteroatoms. The Kier molecular flexibility index (Phi) is 7.26. The van der Waals surface area contributed by atoms with Crippen LogP contribution in [0.1, 0.15) is 30.9 Å². The van der Waals surface area contributed by atoms with Crippen molar-refractivity contribution in [2.24, 2.45) is 0 Å². The summed E-state index contributed by atoms with van der Waals surface area (Å²) < 4.78 is 11.3. The standard InChI is InChI=1S/C19H25N3O3S/c1-6-22(10-13(2)3)18(23)12-26-19-21-20-17(25-19)11-24-16-9-14(4)7-8-15(16)5/h7-9H,2,6,10-12H2,1,3-5H3. The first-order chi connectivity index (χ1) is 12.4. The van der Waals surface area contributed by atoms with Crippen molar-refractivity contribution in [3.63, 3.8) is 0 Å². The van der Waals surface area contributed by atoms with E-state index in [1.165, 1.54) is 11.8 Å². The van der Waals surface area contributed by atoms with Crippen LogP contribution in [0.3, 0.4) is 0 Å². The van der Waals surface area contributed by atoms with Crippen LogP contribution in [-0.2, 0) is 11.4 Å². The fraction of sp³-hybridized carbons (Fsp3) is 0.421. The van der Waals surface area contributed by atoms with Crippen molar-refractivity contribution >= 4 is 17.7 Å². The number of thioether (sulfide) groups is 1. The number of rotatable bonds is 9. The summed E-state index contributed by atoms with van der Waals surface area (Å²) in [5.41, 5.74) is 3.13. The minimum absolute atomic E-state index is 0.0203. The van der Waals surface area contributed by atoms with Crippen LogP contribution >= 0.6 is 11.8 Å². The zero-order chi connectivity index (χ0) is 19.1. The molecule has 0 atom stereocenters. The second-order valence-electron chi connectivity index (χ2n) is 6.17. The Balaban J connectivity index is 1.86. The van der Waals surface area contributed by atoms with E-state index in [1.54, 1.807) is 4.90 Å². The number of hydrogen-bond acceptors (Lipinski definition) is 6. The Hall–Kier alpha value is -2.28. The molecule has 0 spiro atoms. The summed E-state index contributed by atoms with van der Waals surface area (Å²) in [6.45, 7) is 13.1. The second-order valence-corrected chi connectivity index (χ2v) is 7.10. The van der Waals surface area contributed by atoms with E-state index in [0.717, 1.165) is 22.4 Å². The van der Waals surface area contributed by atoms with Crippen LogP contribution in [0.4, 0.5) is 0 Å². The SMILES string of the molecule is C=C(C)CN(CC)C(=O)CSc1nnc(COc2cc(C)ccc2C)o1. The van der Waals surface area contributed by atoms with E-state index in [9.17, 15) is 4.79 Å². The van der Waals surface area contributed by atoms with E-state index in [1.807, 2.05) is 45.9 Å². The number of aryl methyl sites for hydroxylation is 2. The Morgan fingerprint density at radius 2 is 2.12 bits per heavy atom. The number of carbonyl (C=O) groups is 1. The zero-order valence-electron chi connectivity index (χ0n) is 15.7. The summed E-state index contributed by atoms with van der Waals surface area (Å²) in [6.07, 6.45) is 0. The molecule has 2 aromatic rings. The van der Waals surface area contributed by atoms with Crippen LogP contribution in [0.15, 0.2) is 40.0 Å². The van der Waals surface area contributed by atoms with Gasteiger partial charge in [-0.25, -0.2) is 0 Å². The van der Waals surface area contributed by atoms with Gasteiger partial charge in [0, 0.05) is 13.1 Å². The minimum atomic E-state index is 0.0203. The molecule has 1 heterocycles. The van der Waals surface area contributed by atoms with E-state index in [4.69, 9.17) is 9.15 Å². The first-order valence-corrected chi connectivity index (χ1v) is 9.45. The van der Waals surface area contributed by atoms with Gasteiger partial charge in [-0.1, -0.05) is 36.0 Å². The van der Waals surface area contributed by atoms with Gasteiger partial charge in [-0.15, -0.1) is 10.2 Å². The highest BCUT2D eigenvalue weighted by atomic mass is 32.2. The Bertz CT molecular complexity index is 773. The van der Waals surface area contributed by atoms with Crippen LogP contribution in [0.25, 0.3) is 0 Å². The minimum Gasteiger partial charge on any atom is -0.484 e. The largest absolute Gasteiger partial charge is 0.484 e. The van der Waals surface area contributed by atoms with Gasteiger partial charge in [0.15, 0.2) is 6.61 Å². The highest BCUT2D eigenvalue weighted by molar-refractivity contribution is 7.99. The van der Waals surface area contributed by atoms with Gasteiger partial charge in [-0.3, -0.25) is 4.79 Å². The van der Waals surface area contributed by atoms with E-state index < -0.39 is 0 Å². The number of amides is 1. The lowest BCUT2D eigenvalue weighted by molar-refractivity contribution is -0.127. The van der Waals surface area contributed by atoms with Crippen LogP contribution in [0.5, 0.6) is 5.75 Å². The molecule has 140 valence electrons. The average molecular weight is 375 g/mol. The van der Waals surface area contributed by atoms with Gasteiger partial charge < -0.3 is 14.1 Å². The van der Waals surface area contributed by atoms with Crippen molar-refractivity contribution in [3.05, 3.63) is 47.4 Å². The molecule has 0 fully saturated rings. The first kappa shape index (κ1) is 20.0. The molecule has 0 aliphatic heterocycles. The lowest BCUT2D eigenvalue weighted by Crippen LogP contribution is -2.33. The lowest BCUT2D eigenvalue weighted by Gasteiger charge is -2.20. The Morgan fingerprint density at radius 3 is 2.81 bits per heavy atom. The van der Waals surface area contributed by atoms with Crippen molar-refractivity contribution in [2.45, 2.75) is 39.5 Å². The molecule has 6 nitrogen and oxygen atoms in total. The number of likely N-dealkylation sites (N-methyl/N-ethyl adjacent to an activating group) is 1. The molecule has 0 radical (unpaired) electrons. The molecule has 1 aromatic heterocycles. The number of hydrogen-bond donors (Lipinski definition) is 0. The predicted octanol–water partition coefficient (Wildman–Crippen LogP) is 3.78. The highest BCUT2D eigenvalue weighted by Gasteiger charge is 2.15. The summed E-state index contributed by atoms with van der Waals surface area (Å²) in [6, 6.07) is 6.02. The van der Waals surface area contributed by atoms with Crippen LogP contribution in [-0.4, -0.2) is 39.8 Å². The van der Waals surface area contributed by atoms with E-state index >= 15 is 0 Å². The summed E-state index contributed by atoms with van der Waals surface area (Å²) in [5.74, 6) is 1.45. The molecule has 2 rings (SSSR count). The molecule has 0 bridgehead atoms. The third kappa shape index (κ3) is 5.91. The maximum Gasteiger partial charge on any atom is 0.277 e. The molecule has 1 amide bonds. The first-order valence-electron chi connectivity index (χ1n) is 8.46. The van der Waals surface area contributed by atoms with Crippen molar-refractivity contribution in [1.29, 1.82) is 0 Å². The summed E-state index contributed by atoms with van der Waals surface area (Å²) >= 11 is 1.23. The lowest BCUT2D eigenvalue weighted by atomic mass is 10.1. The van der Waals surface area contributed by atoms with Crippen LogP contribution in [0.2, 0.25) is 0 Å². The number of carbonyl (C=O) groups excluding carboxylic acids is 1. The third-order valence-corrected chi connectivity index (χ3v) is 4.46. The molecule has 1 aromatic carbocycles. The third-order valence-electron chi connectivity index (χ3n) is 3.66. The predicted molar refractivity (Wildman–Crippen MR) is 102 cm³/mol. The Labute approximate surface area is 158 Å². The van der Waals surface area contributed by atoms with Crippen LogP contribution < -0.4 is 4.74 Å². The van der Waals surface area contributed by atoms with Gasteiger partial charge in [-0.05, 0) is 44.9 Å². The molecule has 0 aliphatic rings. The monoisotopic (exact) mass is 375 g/mol. The topological polar surface area (TPSA) is 68.5 Å². The van der Waals surface area contributed by atoms with Gasteiger partial charge >= 0.3 is 0 Å². The van der Waals surface area contributed by atoms with Crippen molar-refractivity contribution in [2.75, 3.05) is 18.8 Å². The number of nitrogens with zero attached hydrogens (tertiary/aromatic N) is 3. The molecule has 26 heavy (non-hydrogen) atoms. The molecule has 0 saturated heterocycles. The number of aromatic nitrogens is 2. The van der Waals surface area contributed by atoms with E-state index in [2.05, 4.69) is 16.8 Å². The highest BCUT2D eigenvalue weighted by Crippen LogP contribution is 2.21. The maximum absolute atomic E-state index is 12.2. The molecule has 0 unspecified atom stereocenters. The Morgan fingerprint density at radius 1 is 1.35 bits per heavy atom. The fourth-order valence-electron chi connectivity index (χ4n) is 2.27. The van der Waals surface area contributed by atoms with Gasteiger partial charge in [-0.2, -0.15) is 0 Å². The second kappa shape index (κ2) is 9.43. The maximum atomic E-state index is 12.2. The van der Waals surface area contributed by atoms with E-state index in [0.29, 0.717) is 24.2 Å². The molecule has 0 aliphatic carbocycles. The summed E-state index contributed by atoms with van der Waals surface area (Å²) in [4.78, 5) is 14.0. The van der Waals surface area contributed by atoms with Gasteiger partial charge in [0.05, 0.1) is 5.75 Å². The van der Waals surface area contributed by atoms with Crippen molar-refractivity contribution < 1.29 is 13.9 Å². The van der Waals surface area contributed by atoms with Gasteiger partial charge in [0.2, 0.25) is 5.91 Å². The molecular formula is C19H25N3O3S. The number of ether oxygens (including phenoxy) is 1. The normalized spacial score (nSPS) is 10.6. The smallest absolute Gasteiger partial charge is 0.277 e. The average Bonchev–Trinajstić information content (AvgIpc) is 3.06. The molecular weight excluding hydrogens is 350 g/mol. The fourth-order valence-corrected chi connectivity index (χ4v) is 2.96. The molecule has 0 saturated carbocycles. The number of benzene rings is 1. The zero-order valence-corrected chi connectivity index (χ0v) is 16.6. The van der Waals surface area contributed by atoms with E-state index in [-0.39, 0.29) is 18.3 Å². The van der Waals surface area contributed by atoms with Crippen LogP contribution in [0, 0.1) is 13.8 Å². The summed E-state index contributed by atoms with van der Waals surface area (Å²) in [7, 11) is 0. The molecule has 0 N–H and O–H groups in total. The summed E-state index contributed by atoms with van der Waals surface area (Å²) in [5, 5.41) is 8.30. The van der Waals surface area contributed by atoms with Gasteiger partial charge in [0.1, 0.15) is 5.75 Å². The van der Waals surface area contributed by atoms with Gasteiger partial charge in [0.25, 0.3) is 11.1 Å². The quantitative estimate of drug-likeness (QED) is 0.491. The van der Waals surface area contributed by atoms with Crippen molar-refractivity contribution in [3.8, 4) is 5.75 Å². The van der Waals surface area contributed by atoms with Crippen molar-refractivity contribution in [1.82, 2.24) is 15.1 Å².